The number of carboxylic acid groups (broad SMARTS) is 2. The smallest absolute Gasteiger partial charge is 0.317 e. The molecule has 0 rings (SSSR count). The molecule has 0 aliphatic rings. The van der Waals surface area contributed by atoms with E-state index in [1.54, 1.807) is 0 Å². The monoisotopic (exact) mass is 223 g/mol. The molecule has 0 bridgehead atoms. The molecule has 0 radical (unpaired) electrons. The van der Waals surface area contributed by atoms with E-state index in [1.807, 2.05) is 0 Å². The number of hydrogen-bond acceptors (Lipinski definition) is 4. The van der Waals surface area contributed by atoms with Crippen LogP contribution in [0.25, 0.3) is 0 Å². The van der Waals surface area contributed by atoms with Crippen molar-refractivity contribution in [2.75, 3.05) is 5.75 Å². The molecule has 0 aliphatic carbocycles. The molecule has 0 aromatic heterocycles. The van der Waals surface area contributed by atoms with Crippen molar-refractivity contribution in [3.05, 3.63) is 0 Å². The van der Waals surface area contributed by atoms with E-state index < -0.39 is 34.9 Å². The molecule has 0 aromatic carbocycles. The van der Waals surface area contributed by atoms with Crippen LogP contribution in [-0.4, -0.2) is 36.7 Å². The average Bonchev–Trinajstić information content (AvgIpc) is 1.97. The molecule has 0 aliphatic heterocycles. The van der Waals surface area contributed by atoms with Crippen LogP contribution in [0.1, 0.15) is 13.3 Å². The third kappa shape index (κ3) is 4.93. The third-order valence-corrected chi connectivity index (χ3v) is 2.50. The molecule has 0 amide bonds. The molecule has 7 heteroatoms. The minimum atomic E-state index is -2.27. The van der Waals surface area contributed by atoms with Gasteiger partial charge >= 0.3 is 11.9 Å². The van der Waals surface area contributed by atoms with Crippen molar-refractivity contribution in [3.8, 4) is 0 Å². The second-order valence-electron chi connectivity index (χ2n) is 3.04. The van der Waals surface area contributed by atoms with Gasteiger partial charge in [0, 0.05) is 5.75 Å². The SMILES string of the molecule is CC(CC(C(=O)O)C(=O)O)CS(=O)[O-]. The molecule has 14 heavy (non-hydrogen) atoms. The molecule has 0 aromatic rings. The standard InChI is InChI=1S/C7H12O6S/c1-4(3-14(12)13)2-5(6(8)9)7(10)11/h4-5H,2-3H2,1H3,(H,8,9)(H,10,11)(H,12,13)/p-1. The van der Waals surface area contributed by atoms with E-state index in [0.29, 0.717) is 0 Å². The zero-order chi connectivity index (χ0) is 11.3. The fourth-order valence-electron chi connectivity index (χ4n) is 1.01. The molecule has 2 N–H and O–H groups in total. The Balaban J connectivity index is 4.23. The van der Waals surface area contributed by atoms with E-state index in [9.17, 15) is 18.4 Å². The fraction of sp³-hybridized carbons (Fsp3) is 0.714. The maximum absolute atomic E-state index is 10.4. The lowest BCUT2D eigenvalue weighted by Crippen LogP contribution is -2.26. The Bertz CT molecular complexity index is 237. The summed E-state index contributed by atoms with van der Waals surface area (Å²) in [6.45, 7) is 1.49. The Labute approximate surface area is 83.2 Å². The molecule has 6 nitrogen and oxygen atoms in total. The molecular weight excluding hydrogens is 212 g/mol. The second-order valence-corrected chi connectivity index (χ2v) is 3.98. The number of rotatable bonds is 6. The summed E-state index contributed by atoms with van der Waals surface area (Å²) >= 11 is -2.27. The van der Waals surface area contributed by atoms with E-state index in [0.717, 1.165) is 0 Å². The van der Waals surface area contributed by atoms with Crippen LogP contribution in [0.15, 0.2) is 0 Å². The van der Waals surface area contributed by atoms with E-state index >= 15 is 0 Å². The van der Waals surface area contributed by atoms with Gasteiger partial charge in [-0.3, -0.25) is 13.8 Å². The Morgan fingerprint density at radius 3 is 2.07 bits per heavy atom. The highest BCUT2D eigenvalue weighted by Crippen LogP contribution is 2.13. The largest absolute Gasteiger partial charge is 0.772 e. The molecule has 2 atom stereocenters. The van der Waals surface area contributed by atoms with Crippen LogP contribution in [0.3, 0.4) is 0 Å². The Hall–Kier alpha value is -0.950. The van der Waals surface area contributed by atoms with E-state index in [1.165, 1.54) is 6.92 Å². The van der Waals surface area contributed by atoms with Crippen LogP contribution in [-0.2, 0) is 20.7 Å². The normalized spacial score (nSPS) is 15.1. The predicted molar refractivity (Wildman–Crippen MR) is 46.3 cm³/mol. The van der Waals surface area contributed by atoms with E-state index in [-0.39, 0.29) is 12.2 Å². The summed E-state index contributed by atoms with van der Waals surface area (Å²) in [4.78, 5) is 20.9. The van der Waals surface area contributed by atoms with Gasteiger partial charge in [-0.05, 0) is 12.3 Å². The summed E-state index contributed by atoms with van der Waals surface area (Å²) in [5.74, 6) is -5.13. The van der Waals surface area contributed by atoms with Gasteiger partial charge in [0.25, 0.3) is 0 Å². The zero-order valence-electron chi connectivity index (χ0n) is 7.50. The lowest BCUT2D eigenvalue weighted by atomic mass is 9.97. The molecule has 82 valence electrons. The summed E-state index contributed by atoms with van der Waals surface area (Å²) in [5.41, 5.74) is 0. The molecule has 0 saturated heterocycles. The first-order chi connectivity index (χ1) is 6.34. The minimum Gasteiger partial charge on any atom is -0.772 e. The van der Waals surface area contributed by atoms with Gasteiger partial charge in [0.2, 0.25) is 0 Å². The van der Waals surface area contributed by atoms with Crippen molar-refractivity contribution in [2.45, 2.75) is 13.3 Å². The van der Waals surface area contributed by atoms with Crippen molar-refractivity contribution in [1.82, 2.24) is 0 Å². The average molecular weight is 223 g/mol. The fourth-order valence-corrected chi connectivity index (χ4v) is 1.61. The van der Waals surface area contributed by atoms with Gasteiger partial charge in [-0.2, -0.15) is 0 Å². The van der Waals surface area contributed by atoms with Gasteiger partial charge in [-0.1, -0.05) is 18.0 Å². The van der Waals surface area contributed by atoms with Crippen LogP contribution in [0.2, 0.25) is 0 Å². The summed E-state index contributed by atoms with van der Waals surface area (Å²) in [5, 5.41) is 17.0. The lowest BCUT2D eigenvalue weighted by Gasteiger charge is -2.15. The van der Waals surface area contributed by atoms with Gasteiger partial charge in [-0.15, -0.1) is 0 Å². The van der Waals surface area contributed by atoms with Crippen molar-refractivity contribution in [1.29, 1.82) is 0 Å². The summed E-state index contributed by atoms with van der Waals surface area (Å²) in [6, 6.07) is 0. The molecule has 0 fully saturated rings. The van der Waals surface area contributed by atoms with E-state index in [2.05, 4.69) is 0 Å². The van der Waals surface area contributed by atoms with Crippen LogP contribution in [0.4, 0.5) is 0 Å². The van der Waals surface area contributed by atoms with Gasteiger partial charge < -0.3 is 14.8 Å². The van der Waals surface area contributed by atoms with Crippen molar-refractivity contribution in [3.63, 3.8) is 0 Å². The first-order valence-corrected chi connectivity index (χ1v) is 5.10. The summed E-state index contributed by atoms with van der Waals surface area (Å²) < 4.78 is 20.5. The predicted octanol–water partition coefficient (Wildman–Crippen LogP) is -0.323. The van der Waals surface area contributed by atoms with Crippen molar-refractivity contribution >= 4 is 23.0 Å². The number of carbonyl (C=O) groups is 2. The minimum absolute atomic E-state index is 0.182. The second kappa shape index (κ2) is 5.71. The highest BCUT2D eigenvalue weighted by atomic mass is 32.2. The number of carboxylic acids is 2. The van der Waals surface area contributed by atoms with Crippen molar-refractivity contribution in [2.24, 2.45) is 11.8 Å². The quantitative estimate of drug-likeness (QED) is 0.471. The summed E-state index contributed by atoms with van der Waals surface area (Å²) in [7, 11) is 0. The van der Waals surface area contributed by atoms with Gasteiger partial charge in [-0.25, -0.2) is 0 Å². The number of hydrogen-bond donors (Lipinski definition) is 2. The number of aliphatic carboxylic acids is 2. The van der Waals surface area contributed by atoms with Crippen LogP contribution < -0.4 is 0 Å². The van der Waals surface area contributed by atoms with Crippen LogP contribution in [0, 0.1) is 11.8 Å². The Morgan fingerprint density at radius 2 is 1.79 bits per heavy atom. The molecular formula is C7H11O6S-. The molecule has 0 spiro atoms. The van der Waals surface area contributed by atoms with Crippen molar-refractivity contribution < 1.29 is 28.6 Å². The Kier molecular flexibility index (Phi) is 5.32. The molecule has 0 saturated carbocycles. The third-order valence-electron chi connectivity index (χ3n) is 1.65. The van der Waals surface area contributed by atoms with Crippen LogP contribution >= 0.6 is 0 Å². The Morgan fingerprint density at radius 1 is 1.36 bits per heavy atom. The maximum atomic E-state index is 10.4. The van der Waals surface area contributed by atoms with Gasteiger partial charge in [0.1, 0.15) is 0 Å². The van der Waals surface area contributed by atoms with Gasteiger partial charge in [0.05, 0.1) is 0 Å². The maximum Gasteiger partial charge on any atom is 0.317 e. The lowest BCUT2D eigenvalue weighted by molar-refractivity contribution is -0.155. The zero-order valence-corrected chi connectivity index (χ0v) is 8.32. The molecule has 2 unspecified atom stereocenters. The first-order valence-electron chi connectivity index (χ1n) is 3.86. The topological polar surface area (TPSA) is 115 Å². The van der Waals surface area contributed by atoms with Gasteiger partial charge in [0.15, 0.2) is 5.92 Å². The van der Waals surface area contributed by atoms with E-state index in [4.69, 9.17) is 10.2 Å². The molecule has 0 heterocycles. The highest BCUT2D eigenvalue weighted by Gasteiger charge is 2.27. The summed E-state index contributed by atoms with van der Waals surface area (Å²) in [6.07, 6.45) is -0.182. The highest BCUT2D eigenvalue weighted by molar-refractivity contribution is 7.79. The first kappa shape index (κ1) is 13.1. The van der Waals surface area contributed by atoms with Crippen LogP contribution in [0.5, 0.6) is 0 Å².